The highest BCUT2D eigenvalue weighted by atomic mass is 16.5. The Bertz CT molecular complexity index is 784. The second-order valence-corrected chi connectivity index (χ2v) is 4.54. The molecule has 0 bridgehead atoms. The summed E-state index contributed by atoms with van der Waals surface area (Å²) in [6.07, 6.45) is 0. The highest BCUT2D eigenvalue weighted by Crippen LogP contribution is 2.23. The third kappa shape index (κ3) is 3.74. The van der Waals surface area contributed by atoms with Crippen molar-refractivity contribution in [2.75, 3.05) is 21.3 Å². The minimum absolute atomic E-state index is 0.0666. The van der Waals surface area contributed by atoms with E-state index < -0.39 is 5.97 Å². The van der Waals surface area contributed by atoms with Crippen LogP contribution in [0.15, 0.2) is 36.4 Å². The Balaban J connectivity index is 2.41. The van der Waals surface area contributed by atoms with E-state index in [9.17, 15) is 9.90 Å². The topological polar surface area (TPSA) is 65.0 Å². The molecule has 0 amide bonds. The number of carbonyl (C=O) groups is 1. The van der Waals surface area contributed by atoms with Crippen LogP contribution in [-0.2, 0) is 4.74 Å². The van der Waals surface area contributed by atoms with Gasteiger partial charge in [-0.15, -0.1) is 0 Å². The fraction of sp³-hybridized carbons (Fsp3) is 0.167. The van der Waals surface area contributed by atoms with E-state index in [0.29, 0.717) is 22.6 Å². The third-order valence-electron chi connectivity index (χ3n) is 3.15. The first-order valence-electron chi connectivity index (χ1n) is 6.74. The summed E-state index contributed by atoms with van der Waals surface area (Å²) in [5, 5.41) is 9.69. The molecule has 0 aromatic heterocycles. The Hall–Kier alpha value is -3.13. The van der Waals surface area contributed by atoms with Gasteiger partial charge >= 0.3 is 5.97 Å². The maximum Gasteiger partial charge on any atom is 0.341 e. The molecule has 0 aliphatic rings. The summed E-state index contributed by atoms with van der Waals surface area (Å²) in [4.78, 5) is 11.6. The van der Waals surface area contributed by atoms with Gasteiger partial charge in [-0.1, -0.05) is 11.8 Å². The van der Waals surface area contributed by atoms with Crippen LogP contribution in [0.25, 0.3) is 0 Å². The molecule has 5 heteroatoms. The van der Waals surface area contributed by atoms with Crippen molar-refractivity contribution in [2.45, 2.75) is 0 Å². The van der Waals surface area contributed by atoms with Crippen LogP contribution in [0.3, 0.4) is 0 Å². The molecule has 0 saturated carbocycles. The lowest BCUT2D eigenvalue weighted by atomic mass is 10.1. The molecule has 0 fully saturated rings. The fourth-order valence-corrected chi connectivity index (χ4v) is 1.94. The van der Waals surface area contributed by atoms with Crippen LogP contribution in [0, 0.1) is 11.8 Å². The number of methoxy groups -OCH3 is 3. The van der Waals surface area contributed by atoms with Crippen LogP contribution in [0.5, 0.6) is 17.2 Å². The van der Waals surface area contributed by atoms with Crippen molar-refractivity contribution in [3.05, 3.63) is 53.1 Å². The Kier molecular flexibility index (Phi) is 5.11. The van der Waals surface area contributed by atoms with Crippen LogP contribution in [0.1, 0.15) is 21.5 Å². The highest BCUT2D eigenvalue weighted by Gasteiger charge is 2.11. The van der Waals surface area contributed by atoms with E-state index in [4.69, 9.17) is 9.47 Å². The van der Waals surface area contributed by atoms with Crippen molar-refractivity contribution >= 4 is 5.97 Å². The first-order chi connectivity index (χ1) is 11.1. The van der Waals surface area contributed by atoms with Crippen LogP contribution in [0.2, 0.25) is 0 Å². The summed E-state index contributed by atoms with van der Waals surface area (Å²) in [7, 11) is 4.38. The summed E-state index contributed by atoms with van der Waals surface area (Å²) in [6, 6.07) is 9.79. The lowest BCUT2D eigenvalue weighted by molar-refractivity contribution is 0.0597. The van der Waals surface area contributed by atoms with Crippen molar-refractivity contribution in [2.24, 2.45) is 0 Å². The molecule has 23 heavy (non-hydrogen) atoms. The zero-order valence-corrected chi connectivity index (χ0v) is 13.0. The quantitative estimate of drug-likeness (QED) is 0.697. The van der Waals surface area contributed by atoms with Gasteiger partial charge in [-0.3, -0.25) is 0 Å². The molecule has 0 unspecified atom stereocenters. The van der Waals surface area contributed by atoms with Crippen LogP contribution < -0.4 is 9.47 Å². The van der Waals surface area contributed by atoms with Crippen molar-refractivity contribution < 1.29 is 24.1 Å². The number of benzene rings is 2. The molecule has 0 aliphatic heterocycles. The smallest absolute Gasteiger partial charge is 0.341 e. The maximum atomic E-state index is 11.6. The molecular weight excluding hydrogens is 296 g/mol. The summed E-state index contributed by atoms with van der Waals surface area (Å²) >= 11 is 0. The first-order valence-corrected chi connectivity index (χ1v) is 6.74. The number of hydrogen-bond donors (Lipinski definition) is 1. The van der Waals surface area contributed by atoms with Gasteiger partial charge in [-0.25, -0.2) is 4.79 Å². The maximum absolute atomic E-state index is 11.6. The van der Waals surface area contributed by atoms with Crippen molar-refractivity contribution in [3.8, 4) is 29.1 Å². The number of aromatic hydroxyl groups is 1. The number of phenols is 1. The molecule has 0 atom stereocenters. The highest BCUT2D eigenvalue weighted by molar-refractivity contribution is 5.92. The molecule has 0 spiro atoms. The van der Waals surface area contributed by atoms with Gasteiger partial charge < -0.3 is 19.3 Å². The SMILES string of the molecule is COC(=O)c1cc(C#Cc2cc(OC)ccc2OC)ccc1O. The summed E-state index contributed by atoms with van der Waals surface area (Å²) in [5.74, 6) is 6.41. The molecular formula is C18H16O5. The van der Waals surface area contributed by atoms with Gasteiger partial charge in [0.05, 0.1) is 26.9 Å². The molecule has 0 heterocycles. The number of hydrogen-bond acceptors (Lipinski definition) is 5. The number of ether oxygens (including phenoxy) is 3. The predicted octanol–water partition coefficient (Wildman–Crippen LogP) is 2.60. The van der Waals surface area contributed by atoms with Gasteiger partial charge in [0, 0.05) is 5.56 Å². The summed E-state index contributed by atoms with van der Waals surface area (Å²) in [5.41, 5.74) is 1.28. The zero-order chi connectivity index (χ0) is 16.8. The van der Waals surface area contributed by atoms with E-state index in [1.54, 1.807) is 38.5 Å². The molecule has 0 saturated heterocycles. The minimum Gasteiger partial charge on any atom is -0.507 e. The standard InChI is InChI=1S/C18H16O5/c1-21-14-7-9-17(22-2)13(11-14)6-4-12-5-8-16(19)15(10-12)18(20)23-3/h5,7-11,19H,1-3H3. The van der Waals surface area contributed by atoms with E-state index in [1.807, 2.05) is 0 Å². The molecule has 0 aliphatic carbocycles. The number of esters is 1. The summed E-state index contributed by atoms with van der Waals surface area (Å²) < 4.78 is 15.0. The van der Waals surface area contributed by atoms with Crippen molar-refractivity contribution in [1.82, 2.24) is 0 Å². The molecule has 2 aromatic carbocycles. The number of carbonyl (C=O) groups excluding carboxylic acids is 1. The van der Waals surface area contributed by atoms with E-state index in [-0.39, 0.29) is 11.3 Å². The lowest BCUT2D eigenvalue weighted by Gasteiger charge is -2.05. The molecule has 2 aromatic rings. The molecule has 118 valence electrons. The van der Waals surface area contributed by atoms with E-state index >= 15 is 0 Å². The molecule has 1 N–H and O–H groups in total. The lowest BCUT2D eigenvalue weighted by Crippen LogP contribution is -2.01. The van der Waals surface area contributed by atoms with Gasteiger partial charge in [0.25, 0.3) is 0 Å². The van der Waals surface area contributed by atoms with Crippen LogP contribution >= 0.6 is 0 Å². The van der Waals surface area contributed by atoms with Gasteiger partial charge in [0.15, 0.2) is 0 Å². The van der Waals surface area contributed by atoms with Crippen LogP contribution in [-0.4, -0.2) is 32.4 Å². The minimum atomic E-state index is -0.620. The second kappa shape index (κ2) is 7.23. The normalized spacial score (nSPS) is 9.52. The second-order valence-electron chi connectivity index (χ2n) is 4.54. The Labute approximate surface area is 134 Å². The van der Waals surface area contributed by atoms with Gasteiger partial charge in [-0.2, -0.15) is 0 Å². The average molecular weight is 312 g/mol. The first kappa shape index (κ1) is 16.2. The largest absolute Gasteiger partial charge is 0.507 e. The van der Waals surface area contributed by atoms with Gasteiger partial charge in [0.1, 0.15) is 22.8 Å². The monoisotopic (exact) mass is 312 g/mol. The van der Waals surface area contributed by atoms with Gasteiger partial charge in [-0.05, 0) is 36.4 Å². The van der Waals surface area contributed by atoms with Gasteiger partial charge in [0.2, 0.25) is 0 Å². The summed E-state index contributed by atoms with van der Waals surface area (Å²) in [6.45, 7) is 0. The van der Waals surface area contributed by atoms with E-state index in [0.717, 1.165) is 0 Å². The Morgan fingerprint density at radius 2 is 1.78 bits per heavy atom. The molecule has 0 radical (unpaired) electrons. The Morgan fingerprint density at radius 3 is 2.43 bits per heavy atom. The van der Waals surface area contributed by atoms with E-state index in [2.05, 4.69) is 16.6 Å². The predicted molar refractivity (Wildman–Crippen MR) is 85.0 cm³/mol. The van der Waals surface area contributed by atoms with Crippen LogP contribution in [0.4, 0.5) is 0 Å². The average Bonchev–Trinajstić information content (AvgIpc) is 2.59. The fourth-order valence-electron chi connectivity index (χ4n) is 1.94. The van der Waals surface area contributed by atoms with Crippen molar-refractivity contribution in [1.29, 1.82) is 0 Å². The zero-order valence-electron chi connectivity index (χ0n) is 13.0. The molecule has 2 rings (SSSR count). The van der Waals surface area contributed by atoms with Crippen molar-refractivity contribution in [3.63, 3.8) is 0 Å². The number of phenolic OH excluding ortho intramolecular Hbond substituents is 1. The number of rotatable bonds is 3. The van der Waals surface area contributed by atoms with E-state index in [1.165, 1.54) is 19.2 Å². The third-order valence-corrected chi connectivity index (χ3v) is 3.15. The Morgan fingerprint density at radius 1 is 1.00 bits per heavy atom. The molecule has 5 nitrogen and oxygen atoms in total.